The van der Waals surface area contributed by atoms with Crippen molar-refractivity contribution in [3.8, 4) is 11.5 Å². The van der Waals surface area contributed by atoms with Gasteiger partial charge in [0.15, 0.2) is 11.5 Å². The van der Waals surface area contributed by atoms with Gasteiger partial charge in [0, 0.05) is 11.8 Å². The van der Waals surface area contributed by atoms with Gasteiger partial charge in [0.05, 0.1) is 18.4 Å². The summed E-state index contributed by atoms with van der Waals surface area (Å²) in [5.41, 5.74) is 2.24. The Morgan fingerprint density at radius 1 is 0.971 bits per heavy atom. The van der Waals surface area contributed by atoms with E-state index in [2.05, 4.69) is 4.98 Å². The van der Waals surface area contributed by atoms with E-state index in [-0.39, 0.29) is 18.3 Å². The summed E-state index contributed by atoms with van der Waals surface area (Å²) in [5.74, 6) is 1.41. The van der Waals surface area contributed by atoms with Gasteiger partial charge < -0.3 is 14.2 Å². The highest BCUT2D eigenvalue weighted by Gasteiger charge is 2.42. The van der Waals surface area contributed by atoms with E-state index in [1.54, 1.807) is 51.4 Å². The van der Waals surface area contributed by atoms with Gasteiger partial charge >= 0.3 is 0 Å². The lowest BCUT2D eigenvalue weighted by Gasteiger charge is -2.17. The standard InChI is InChI=1S/C27H23FN2O4/c1-27(2)26(31)24(25(34-27)18-9-11-20(32-3)12-10-18)17-7-13-21(14-8-17)33-16-19-15-30-22(28)5-4-6-23(30)29-19/h4-15H,16H2,1-3H3. The van der Waals surface area contributed by atoms with Crippen LogP contribution in [0.4, 0.5) is 4.39 Å². The van der Waals surface area contributed by atoms with E-state index in [1.165, 1.54) is 10.5 Å². The Labute approximate surface area is 196 Å². The molecular weight excluding hydrogens is 435 g/mol. The summed E-state index contributed by atoms with van der Waals surface area (Å²) in [6.07, 6.45) is 1.61. The molecule has 5 rings (SSSR count). The first-order chi connectivity index (χ1) is 16.4. The Bertz CT molecular complexity index is 1400. The summed E-state index contributed by atoms with van der Waals surface area (Å²) in [5, 5.41) is 0. The monoisotopic (exact) mass is 458 g/mol. The Morgan fingerprint density at radius 3 is 2.32 bits per heavy atom. The van der Waals surface area contributed by atoms with Crippen molar-refractivity contribution in [2.45, 2.75) is 26.1 Å². The van der Waals surface area contributed by atoms with Crippen molar-refractivity contribution < 1.29 is 23.4 Å². The molecule has 1 aliphatic heterocycles. The predicted molar refractivity (Wildman–Crippen MR) is 126 cm³/mol. The van der Waals surface area contributed by atoms with Gasteiger partial charge in [-0.3, -0.25) is 9.20 Å². The second-order valence-electron chi connectivity index (χ2n) is 8.50. The second-order valence-corrected chi connectivity index (χ2v) is 8.50. The number of halogens is 1. The molecule has 0 unspecified atom stereocenters. The van der Waals surface area contributed by atoms with Crippen LogP contribution in [0.2, 0.25) is 0 Å². The van der Waals surface area contributed by atoms with Crippen LogP contribution in [0.3, 0.4) is 0 Å². The Kier molecular flexibility index (Phi) is 5.32. The van der Waals surface area contributed by atoms with Crippen molar-refractivity contribution in [3.05, 3.63) is 95.7 Å². The number of methoxy groups -OCH3 is 1. The minimum atomic E-state index is -0.960. The van der Waals surface area contributed by atoms with Crippen LogP contribution < -0.4 is 9.47 Å². The molecule has 2 aromatic heterocycles. The Morgan fingerprint density at radius 2 is 1.65 bits per heavy atom. The van der Waals surface area contributed by atoms with Crippen LogP contribution in [0.15, 0.2) is 72.9 Å². The van der Waals surface area contributed by atoms with Crippen LogP contribution in [0.25, 0.3) is 17.0 Å². The van der Waals surface area contributed by atoms with Crippen molar-refractivity contribution in [2.24, 2.45) is 0 Å². The first kappa shape index (κ1) is 21.7. The first-order valence-electron chi connectivity index (χ1n) is 10.8. The van der Waals surface area contributed by atoms with Crippen molar-refractivity contribution in [2.75, 3.05) is 7.11 Å². The quantitative estimate of drug-likeness (QED) is 0.367. The zero-order valence-electron chi connectivity index (χ0n) is 19.0. The van der Waals surface area contributed by atoms with Gasteiger partial charge in [-0.2, -0.15) is 4.39 Å². The summed E-state index contributed by atoms with van der Waals surface area (Å²) >= 11 is 0. The van der Waals surface area contributed by atoms with E-state index in [0.717, 1.165) is 16.9 Å². The average Bonchev–Trinajstić information content (AvgIpc) is 3.37. The molecule has 0 radical (unpaired) electrons. The molecule has 0 bridgehead atoms. The van der Waals surface area contributed by atoms with Gasteiger partial charge in [0.2, 0.25) is 5.78 Å². The maximum absolute atomic E-state index is 13.9. The molecule has 3 heterocycles. The molecule has 6 nitrogen and oxygen atoms in total. The van der Waals surface area contributed by atoms with Crippen LogP contribution in [0.1, 0.15) is 30.7 Å². The topological polar surface area (TPSA) is 62.1 Å². The number of hydrogen-bond acceptors (Lipinski definition) is 5. The number of pyridine rings is 1. The minimum Gasteiger partial charge on any atom is -0.497 e. The summed E-state index contributed by atoms with van der Waals surface area (Å²) in [6.45, 7) is 3.72. The van der Waals surface area contributed by atoms with Crippen molar-refractivity contribution in [3.63, 3.8) is 0 Å². The fourth-order valence-electron chi connectivity index (χ4n) is 3.94. The van der Waals surface area contributed by atoms with Crippen LogP contribution >= 0.6 is 0 Å². The summed E-state index contributed by atoms with van der Waals surface area (Å²) in [7, 11) is 1.61. The van der Waals surface area contributed by atoms with E-state index in [0.29, 0.717) is 28.4 Å². The number of carbonyl (C=O) groups is 1. The molecule has 0 aliphatic carbocycles. The molecule has 0 saturated carbocycles. The molecule has 0 fully saturated rings. The molecular formula is C27H23FN2O4. The van der Waals surface area contributed by atoms with Gasteiger partial charge in [-0.05, 0) is 67.9 Å². The number of aromatic nitrogens is 2. The van der Waals surface area contributed by atoms with Crippen molar-refractivity contribution in [1.82, 2.24) is 9.38 Å². The lowest BCUT2D eigenvalue weighted by molar-refractivity contribution is -0.125. The summed E-state index contributed by atoms with van der Waals surface area (Å²) in [4.78, 5) is 17.5. The number of fused-ring (bicyclic) bond motifs is 1. The summed E-state index contributed by atoms with van der Waals surface area (Å²) in [6, 6.07) is 19.4. The molecule has 0 spiro atoms. The van der Waals surface area contributed by atoms with Crippen LogP contribution in [0, 0.1) is 5.95 Å². The minimum absolute atomic E-state index is 0.0845. The maximum Gasteiger partial charge on any atom is 0.210 e. The van der Waals surface area contributed by atoms with Gasteiger partial charge in [0.1, 0.15) is 29.5 Å². The fraction of sp³-hybridized carbons (Fsp3) is 0.185. The largest absolute Gasteiger partial charge is 0.497 e. The smallest absolute Gasteiger partial charge is 0.210 e. The number of nitrogens with zero attached hydrogens (tertiary/aromatic N) is 2. The lowest BCUT2D eigenvalue weighted by atomic mass is 9.92. The average molecular weight is 458 g/mol. The number of hydrogen-bond donors (Lipinski definition) is 0. The molecule has 34 heavy (non-hydrogen) atoms. The highest BCUT2D eigenvalue weighted by atomic mass is 19.1. The van der Waals surface area contributed by atoms with Crippen LogP contribution in [-0.4, -0.2) is 27.9 Å². The van der Waals surface area contributed by atoms with Crippen LogP contribution in [-0.2, 0) is 16.1 Å². The van der Waals surface area contributed by atoms with Gasteiger partial charge in [-0.15, -0.1) is 0 Å². The normalized spacial score (nSPS) is 15.0. The third kappa shape index (κ3) is 3.90. The number of benzene rings is 2. The molecule has 4 aromatic rings. The number of imidazole rings is 1. The molecule has 0 saturated heterocycles. The molecule has 0 N–H and O–H groups in total. The van der Waals surface area contributed by atoms with Gasteiger partial charge in [-0.1, -0.05) is 18.2 Å². The van der Waals surface area contributed by atoms with E-state index >= 15 is 0 Å². The van der Waals surface area contributed by atoms with E-state index in [9.17, 15) is 9.18 Å². The molecule has 7 heteroatoms. The first-order valence-corrected chi connectivity index (χ1v) is 10.8. The fourth-order valence-corrected chi connectivity index (χ4v) is 3.94. The van der Waals surface area contributed by atoms with Gasteiger partial charge in [-0.25, -0.2) is 4.98 Å². The third-order valence-electron chi connectivity index (χ3n) is 5.73. The second kappa shape index (κ2) is 8.33. The number of carbonyl (C=O) groups excluding carboxylic acids is 1. The molecule has 1 aliphatic rings. The Balaban J connectivity index is 1.39. The zero-order chi connectivity index (χ0) is 23.9. The number of ether oxygens (including phenoxy) is 3. The number of Topliss-reactive ketones (excluding diaryl/α,β-unsaturated/α-hetero) is 1. The highest BCUT2D eigenvalue weighted by molar-refractivity contribution is 6.32. The third-order valence-corrected chi connectivity index (χ3v) is 5.73. The van der Waals surface area contributed by atoms with E-state index in [1.807, 2.05) is 36.4 Å². The van der Waals surface area contributed by atoms with Gasteiger partial charge in [0.25, 0.3) is 0 Å². The zero-order valence-corrected chi connectivity index (χ0v) is 19.0. The van der Waals surface area contributed by atoms with Crippen molar-refractivity contribution in [1.29, 1.82) is 0 Å². The molecule has 0 amide bonds. The lowest BCUT2D eigenvalue weighted by Crippen LogP contribution is -2.29. The maximum atomic E-state index is 13.9. The summed E-state index contributed by atoms with van der Waals surface area (Å²) < 4.78 is 32.4. The van der Waals surface area contributed by atoms with Crippen molar-refractivity contribution >= 4 is 22.8 Å². The molecule has 172 valence electrons. The SMILES string of the molecule is COc1ccc(C2=C(c3ccc(OCc4cn5c(F)cccc5n4)cc3)C(=O)C(C)(C)O2)cc1. The molecule has 2 aromatic carbocycles. The van der Waals surface area contributed by atoms with E-state index < -0.39 is 5.60 Å². The highest BCUT2D eigenvalue weighted by Crippen LogP contribution is 2.41. The Hall–Kier alpha value is -4.13. The van der Waals surface area contributed by atoms with E-state index in [4.69, 9.17) is 14.2 Å². The predicted octanol–water partition coefficient (Wildman–Crippen LogP) is 5.31. The number of rotatable bonds is 6. The molecule has 0 atom stereocenters. The number of ketones is 1. The van der Waals surface area contributed by atoms with Crippen LogP contribution in [0.5, 0.6) is 11.5 Å².